The molecular formula is C14H28O2. The maximum Gasteiger partial charge on any atom is 0.154 e. The zero-order valence-electron chi connectivity index (χ0n) is 11.2. The van der Waals surface area contributed by atoms with Crippen LogP contribution in [0.4, 0.5) is 0 Å². The first-order valence-corrected chi connectivity index (χ1v) is 6.86. The third kappa shape index (κ3) is 5.86. The molecule has 1 unspecified atom stereocenters. The van der Waals surface area contributed by atoms with Gasteiger partial charge in [0.15, 0.2) is 6.29 Å². The molecule has 0 bridgehead atoms. The molecule has 0 N–H and O–H groups in total. The van der Waals surface area contributed by atoms with Gasteiger partial charge in [0.2, 0.25) is 0 Å². The highest BCUT2D eigenvalue weighted by Crippen LogP contribution is 2.31. The van der Waals surface area contributed by atoms with Crippen molar-refractivity contribution in [2.75, 3.05) is 13.7 Å². The zero-order valence-corrected chi connectivity index (χ0v) is 11.2. The lowest BCUT2D eigenvalue weighted by atomic mass is 9.81. The van der Waals surface area contributed by atoms with Crippen LogP contribution in [0.2, 0.25) is 0 Å². The van der Waals surface area contributed by atoms with Gasteiger partial charge in [0.05, 0.1) is 0 Å². The molecule has 1 rings (SSSR count). The molecule has 0 radical (unpaired) electrons. The van der Waals surface area contributed by atoms with Crippen LogP contribution in [0.15, 0.2) is 0 Å². The van der Waals surface area contributed by atoms with Gasteiger partial charge >= 0.3 is 0 Å². The van der Waals surface area contributed by atoms with Crippen molar-refractivity contribution < 1.29 is 9.47 Å². The molecule has 2 nitrogen and oxygen atoms in total. The molecule has 0 saturated heterocycles. The van der Waals surface area contributed by atoms with E-state index < -0.39 is 0 Å². The van der Waals surface area contributed by atoms with E-state index in [1.165, 1.54) is 44.9 Å². The molecule has 0 aliphatic heterocycles. The van der Waals surface area contributed by atoms with Crippen molar-refractivity contribution in [3.05, 3.63) is 0 Å². The highest BCUT2D eigenvalue weighted by Gasteiger charge is 2.17. The van der Waals surface area contributed by atoms with Crippen LogP contribution < -0.4 is 0 Å². The summed E-state index contributed by atoms with van der Waals surface area (Å²) in [5.41, 5.74) is 0. The lowest BCUT2D eigenvalue weighted by molar-refractivity contribution is -0.111. The van der Waals surface area contributed by atoms with E-state index >= 15 is 0 Å². The Labute approximate surface area is 101 Å². The summed E-state index contributed by atoms with van der Waals surface area (Å²) in [5.74, 6) is 1.97. The molecule has 1 fully saturated rings. The van der Waals surface area contributed by atoms with E-state index in [1.807, 2.05) is 6.92 Å². The third-order valence-corrected chi connectivity index (χ3v) is 3.83. The third-order valence-electron chi connectivity index (χ3n) is 3.83. The molecule has 0 aromatic heterocycles. The summed E-state index contributed by atoms with van der Waals surface area (Å²) in [6, 6.07) is 0. The van der Waals surface area contributed by atoms with E-state index in [0.717, 1.165) is 18.4 Å². The predicted octanol–water partition coefficient (Wildman–Crippen LogP) is 3.99. The van der Waals surface area contributed by atoms with E-state index in [9.17, 15) is 0 Å². The summed E-state index contributed by atoms with van der Waals surface area (Å²) in [6.45, 7) is 5.18. The average Bonchev–Trinajstić information content (AvgIpc) is 2.31. The minimum atomic E-state index is -0.0458. The highest BCUT2D eigenvalue weighted by molar-refractivity contribution is 4.69. The van der Waals surface area contributed by atoms with Crippen LogP contribution in [0.25, 0.3) is 0 Å². The summed E-state index contributed by atoms with van der Waals surface area (Å²) >= 11 is 0. The Morgan fingerprint density at radius 1 is 1.12 bits per heavy atom. The number of unbranched alkanes of at least 4 members (excludes halogenated alkanes) is 1. The first-order chi connectivity index (χ1) is 7.72. The van der Waals surface area contributed by atoms with Gasteiger partial charge in [-0.15, -0.1) is 0 Å². The number of methoxy groups -OCH3 is 1. The quantitative estimate of drug-likeness (QED) is 0.484. The van der Waals surface area contributed by atoms with Crippen LogP contribution in [0.3, 0.4) is 0 Å². The van der Waals surface area contributed by atoms with E-state index in [2.05, 4.69) is 6.92 Å². The fourth-order valence-corrected chi connectivity index (χ4v) is 2.47. The van der Waals surface area contributed by atoms with E-state index in [-0.39, 0.29) is 6.29 Å². The molecule has 0 spiro atoms. The topological polar surface area (TPSA) is 18.5 Å². The van der Waals surface area contributed by atoms with Gasteiger partial charge in [-0.3, -0.25) is 0 Å². The maximum atomic E-state index is 5.48. The van der Waals surface area contributed by atoms with Gasteiger partial charge in [0.25, 0.3) is 0 Å². The Bertz CT molecular complexity index is 162. The van der Waals surface area contributed by atoms with Gasteiger partial charge < -0.3 is 9.47 Å². The van der Waals surface area contributed by atoms with Crippen molar-refractivity contribution in [1.82, 2.24) is 0 Å². The van der Waals surface area contributed by atoms with Crippen LogP contribution in [-0.4, -0.2) is 20.0 Å². The fourth-order valence-electron chi connectivity index (χ4n) is 2.47. The number of rotatable bonds is 7. The smallest absolute Gasteiger partial charge is 0.154 e. The second-order valence-electron chi connectivity index (χ2n) is 5.30. The van der Waals surface area contributed by atoms with Crippen LogP contribution in [0.1, 0.15) is 58.8 Å². The van der Waals surface area contributed by atoms with Crippen molar-refractivity contribution in [2.24, 2.45) is 11.8 Å². The van der Waals surface area contributed by atoms with Crippen molar-refractivity contribution in [3.8, 4) is 0 Å². The standard InChI is InChI=1S/C14H28O2/c1-12-7-9-14(10-8-12)6-4-5-11-16-13(2)15-3/h12-14H,4-11H2,1-3H3. The average molecular weight is 228 g/mol. The van der Waals surface area contributed by atoms with Gasteiger partial charge in [-0.1, -0.05) is 45.4 Å². The Kier molecular flexibility index (Phi) is 7.06. The number of hydrogen-bond acceptors (Lipinski definition) is 2. The van der Waals surface area contributed by atoms with Crippen LogP contribution in [0, 0.1) is 11.8 Å². The molecule has 1 atom stereocenters. The van der Waals surface area contributed by atoms with Crippen LogP contribution >= 0.6 is 0 Å². The predicted molar refractivity (Wildman–Crippen MR) is 67.4 cm³/mol. The maximum absolute atomic E-state index is 5.48. The van der Waals surface area contributed by atoms with Crippen molar-refractivity contribution in [1.29, 1.82) is 0 Å². The highest BCUT2D eigenvalue weighted by atomic mass is 16.7. The first-order valence-electron chi connectivity index (χ1n) is 6.86. The summed E-state index contributed by atoms with van der Waals surface area (Å²) in [4.78, 5) is 0. The Hall–Kier alpha value is -0.0800. The lowest BCUT2D eigenvalue weighted by Gasteiger charge is -2.26. The monoisotopic (exact) mass is 228 g/mol. The molecule has 1 saturated carbocycles. The minimum Gasteiger partial charge on any atom is -0.356 e. The lowest BCUT2D eigenvalue weighted by Crippen LogP contribution is -2.13. The van der Waals surface area contributed by atoms with E-state index in [0.29, 0.717) is 0 Å². The summed E-state index contributed by atoms with van der Waals surface area (Å²) in [7, 11) is 1.69. The van der Waals surface area contributed by atoms with Crippen molar-refractivity contribution in [3.63, 3.8) is 0 Å². The first kappa shape index (κ1) is 14.0. The molecule has 0 amide bonds. The van der Waals surface area contributed by atoms with Crippen LogP contribution in [-0.2, 0) is 9.47 Å². The molecule has 1 aliphatic rings. The second-order valence-corrected chi connectivity index (χ2v) is 5.30. The SMILES string of the molecule is COC(C)OCCCCC1CCC(C)CC1. The van der Waals surface area contributed by atoms with Gasteiger partial charge in [0, 0.05) is 13.7 Å². The summed E-state index contributed by atoms with van der Waals surface area (Å²) in [5, 5.41) is 0. The Morgan fingerprint density at radius 2 is 1.81 bits per heavy atom. The van der Waals surface area contributed by atoms with Gasteiger partial charge in [-0.05, 0) is 25.2 Å². The van der Waals surface area contributed by atoms with Crippen molar-refractivity contribution >= 4 is 0 Å². The molecule has 96 valence electrons. The van der Waals surface area contributed by atoms with E-state index in [1.54, 1.807) is 7.11 Å². The molecule has 0 aromatic rings. The van der Waals surface area contributed by atoms with Crippen LogP contribution in [0.5, 0.6) is 0 Å². The second kappa shape index (κ2) is 8.08. The minimum absolute atomic E-state index is 0.0458. The molecular weight excluding hydrogens is 200 g/mol. The van der Waals surface area contributed by atoms with E-state index in [4.69, 9.17) is 9.47 Å². The molecule has 0 aromatic carbocycles. The normalized spacial score (nSPS) is 27.9. The molecule has 16 heavy (non-hydrogen) atoms. The zero-order chi connectivity index (χ0) is 11.8. The molecule has 2 heteroatoms. The Morgan fingerprint density at radius 3 is 2.44 bits per heavy atom. The van der Waals surface area contributed by atoms with Gasteiger partial charge in [0.1, 0.15) is 0 Å². The van der Waals surface area contributed by atoms with Crippen molar-refractivity contribution in [2.45, 2.75) is 65.1 Å². The summed E-state index contributed by atoms with van der Waals surface area (Å²) in [6.07, 6.45) is 9.65. The van der Waals surface area contributed by atoms with Gasteiger partial charge in [-0.2, -0.15) is 0 Å². The molecule has 1 aliphatic carbocycles. The summed E-state index contributed by atoms with van der Waals surface area (Å²) < 4.78 is 10.5. The Balaban J connectivity index is 1.91. The fraction of sp³-hybridized carbons (Fsp3) is 1.00. The number of hydrogen-bond donors (Lipinski definition) is 0. The number of ether oxygens (including phenoxy) is 2. The largest absolute Gasteiger partial charge is 0.356 e. The van der Waals surface area contributed by atoms with Gasteiger partial charge in [-0.25, -0.2) is 0 Å². The molecule has 0 heterocycles.